The lowest BCUT2D eigenvalue weighted by molar-refractivity contribution is 0.101. The molecule has 3 rings (SSSR count). The molecule has 1 fully saturated rings. The summed E-state index contributed by atoms with van der Waals surface area (Å²) in [5.74, 6) is 0.126. The Morgan fingerprint density at radius 2 is 2.27 bits per heavy atom. The topological polar surface area (TPSA) is 57.8 Å². The molecule has 118 valence electrons. The first-order valence-corrected chi connectivity index (χ1v) is 8.91. The van der Waals surface area contributed by atoms with Gasteiger partial charge >= 0.3 is 0 Å². The second kappa shape index (κ2) is 6.34. The number of carbonyl (C=O) groups is 1. The van der Waals surface area contributed by atoms with E-state index in [-0.39, 0.29) is 5.78 Å². The molecule has 2 N–H and O–H groups in total. The van der Waals surface area contributed by atoms with Crippen LogP contribution in [0, 0.1) is 6.92 Å². The highest BCUT2D eigenvalue weighted by atomic mass is 32.1. The Hall–Kier alpha value is -1.46. The van der Waals surface area contributed by atoms with E-state index in [4.69, 9.17) is 4.98 Å². The third kappa shape index (κ3) is 2.75. The van der Waals surface area contributed by atoms with E-state index < -0.39 is 0 Å². The summed E-state index contributed by atoms with van der Waals surface area (Å²) in [6, 6.07) is 0.390. The lowest BCUT2D eigenvalue weighted by atomic mass is 10.0. The SMILES string of the molecule is CCc1c(-c2csc(C3CCCCN3)n2)[nH]c(C)c1C(C)=O. The maximum absolute atomic E-state index is 11.9. The average Bonchev–Trinajstić information content (AvgIpc) is 3.12. The van der Waals surface area contributed by atoms with Crippen LogP contribution in [-0.4, -0.2) is 22.3 Å². The van der Waals surface area contributed by atoms with E-state index in [2.05, 4.69) is 22.6 Å². The Bertz CT molecular complexity index is 680. The molecule has 1 saturated heterocycles. The number of carbonyl (C=O) groups excluding carboxylic acids is 1. The van der Waals surface area contributed by atoms with Gasteiger partial charge in [-0.3, -0.25) is 4.79 Å². The number of ketones is 1. The van der Waals surface area contributed by atoms with Crippen LogP contribution in [0.3, 0.4) is 0 Å². The van der Waals surface area contributed by atoms with Gasteiger partial charge < -0.3 is 10.3 Å². The van der Waals surface area contributed by atoms with Gasteiger partial charge in [0.15, 0.2) is 5.78 Å². The smallest absolute Gasteiger partial charge is 0.161 e. The molecule has 1 aliphatic rings. The minimum atomic E-state index is 0.126. The molecule has 3 heterocycles. The largest absolute Gasteiger partial charge is 0.356 e. The number of hydrogen-bond acceptors (Lipinski definition) is 4. The summed E-state index contributed by atoms with van der Waals surface area (Å²) < 4.78 is 0. The molecule has 2 aromatic heterocycles. The van der Waals surface area contributed by atoms with Crippen molar-refractivity contribution in [2.75, 3.05) is 6.54 Å². The van der Waals surface area contributed by atoms with Crippen molar-refractivity contribution in [2.45, 2.75) is 52.5 Å². The second-order valence-corrected chi connectivity index (χ2v) is 6.85. The fourth-order valence-corrected chi connectivity index (χ4v) is 4.27. The van der Waals surface area contributed by atoms with Crippen molar-refractivity contribution in [3.63, 3.8) is 0 Å². The monoisotopic (exact) mass is 317 g/mol. The molecule has 0 saturated carbocycles. The number of nitrogens with one attached hydrogen (secondary N) is 2. The molecule has 4 nitrogen and oxygen atoms in total. The van der Waals surface area contributed by atoms with Gasteiger partial charge in [-0.1, -0.05) is 13.3 Å². The molecule has 0 radical (unpaired) electrons. The Morgan fingerprint density at radius 3 is 2.91 bits per heavy atom. The molecule has 0 aliphatic carbocycles. The van der Waals surface area contributed by atoms with Gasteiger partial charge in [-0.05, 0) is 45.2 Å². The zero-order valence-electron chi connectivity index (χ0n) is 13.5. The maximum Gasteiger partial charge on any atom is 0.161 e. The number of hydrogen-bond donors (Lipinski definition) is 2. The van der Waals surface area contributed by atoms with Crippen LogP contribution in [0.5, 0.6) is 0 Å². The summed E-state index contributed by atoms with van der Waals surface area (Å²) in [7, 11) is 0. The maximum atomic E-state index is 11.9. The number of piperidine rings is 1. The number of rotatable bonds is 4. The minimum Gasteiger partial charge on any atom is -0.356 e. The second-order valence-electron chi connectivity index (χ2n) is 5.96. The summed E-state index contributed by atoms with van der Waals surface area (Å²) in [4.78, 5) is 20.1. The molecule has 0 spiro atoms. The van der Waals surface area contributed by atoms with Crippen molar-refractivity contribution in [1.82, 2.24) is 15.3 Å². The standard InChI is InChI=1S/C17H23N3OS/c1-4-12-15(11(3)21)10(2)19-16(12)14-9-22-17(20-14)13-7-5-6-8-18-13/h9,13,18-19H,4-8H2,1-3H3. The van der Waals surface area contributed by atoms with Crippen molar-refractivity contribution in [3.05, 3.63) is 27.2 Å². The van der Waals surface area contributed by atoms with Gasteiger partial charge in [0.05, 0.1) is 17.4 Å². The van der Waals surface area contributed by atoms with Gasteiger partial charge in [-0.2, -0.15) is 0 Å². The van der Waals surface area contributed by atoms with Gasteiger partial charge in [0.1, 0.15) is 5.01 Å². The predicted molar refractivity (Wildman–Crippen MR) is 90.6 cm³/mol. The molecule has 5 heteroatoms. The number of aryl methyl sites for hydroxylation is 1. The first kappa shape index (κ1) is 15.4. The lowest BCUT2D eigenvalue weighted by Crippen LogP contribution is -2.26. The number of aromatic amines is 1. The van der Waals surface area contributed by atoms with Crippen LogP contribution >= 0.6 is 11.3 Å². The van der Waals surface area contributed by atoms with Crippen LogP contribution in [0.15, 0.2) is 5.38 Å². The zero-order valence-corrected chi connectivity index (χ0v) is 14.3. The first-order chi connectivity index (χ1) is 10.6. The van der Waals surface area contributed by atoms with Crippen LogP contribution in [0.2, 0.25) is 0 Å². The number of aromatic nitrogens is 2. The molecule has 1 atom stereocenters. The van der Waals surface area contributed by atoms with E-state index in [1.165, 1.54) is 12.8 Å². The molecular formula is C17H23N3OS. The van der Waals surface area contributed by atoms with E-state index in [1.807, 2.05) is 6.92 Å². The van der Waals surface area contributed by atoms with Gasteiger partial charge in [-0.15, -0.1) is 11.3 Å². The van der Waals surface area contributed by atoms with Gasteiger partial charge in [0, 0.05) is 16.6 Å². The molecule has 2 aromatic rings. The number of Topliss-reactive ketones (excluding diaryl/α,β-unsaturated/α-hetero) is 1. The zero-order chi connectivity index (χ0) is 15.7. The van der Waals surface area contributed by atoms with Crippen LogP contribution in [0.1, 0.15) is 65.8 Å². The molecular weight excluding hydrogens is 294 g/mol. The van der Waals surface area contributed by atoms with Gasteiger partial charge in [-0.25, -0.2) is 4.98 Å². The van der Waals surface area contributed by atoms with Crippen LogP contribution < -0.4 is 5.32 Å². The fourth-order valence-electron chi connectivity index (χ4n) is 3.35. The van der Waals surface area contributed by atoms with Gasteiger partial charge in [0.25, 0.3) is 0 Å². The third-order valence-corrected chi connectivity index (χ3v) is 5.34. The minimum absolute atomic E-state index is 0.126. The summed E-state index contributed by atoms with van der Waals surface area (Å²) in [5, 5.41) is 6.82. The van der Waals surface area contributed by atoms with Crippen LogP contribution in [0.25, 0.3) is 11.4 Å². The normalized spacial score (nSPS) is 18.6. The molecule has 1 unspecified atom stereocenters. The fraction of sp³-hybridized carbons (Fsp3) is 0.529. The summed E-state index contributed by atoms with van der Waals surface area (Å²) in [6.07, 6.45) is 4.52. The van der Waals surface area contributed by atoms with Crippen molar-refractivity contribution in [2.24, 2.45) is 0 Å². The van der Waals surface area contributed by atoms with Crippen molar-refractivity contribution >= 4 is 17.1 Å². The molecule has 0 aromatic carbocycles. The quantitative estimate of drug-likeness (QED) is 0.837. The lowest BCUT2D eigenvalue weighted by Gasteiger charge is -2.21. The summed E-state index contributed by atoms with van der Waals surface area (Å²) in [5.41, 5.74) is 4.87. The first-order valence-electron chi connectivity index (χ1n) is 8.03. The highest BCUT2D eigenvalue weighted by molar-refractivity contribution is 7.10. The number of H-pyrrole nitrogens is 1. The third-order valence-electron chi connectivity index (χ3n) is 4.38. The van der Waals surface area contributed by atoms with E-state index in [1.54, 1.807) is 18.3 Å². The number of nitrogens with zero attached hydrogens (tertiary/aromatic N) is 1. The molecule has 0 bridgehead atoms. The Balaban J connectivity index is 1.96. The van der Waals surface area contributed by atoms with Crippen LogP contribution in [0.4, 0.5) is 0 Å². The highest BCUT2D eigenvalue weighted by Crippen LogP contribution is 2.33. The van der Waals surface area contributed by atoms with E-state index in [0.717, 1.165) is 52.6 Å². The summed E-state index contributed by atoms with van der Waals surface area (Å²) >= 11 is 1.72. The molecule has 0 amide bonds. The molecule has 22 heavy (non-hydrogen) atoms. The average molecular weight is 317 g/mol. The Labute approximate surface area is 135 Å². The van der Waals surface area contributed by atoms with Gasteiger partial charge in [0.2, 0.25) is 0 Å². The predicted octanol–water partition coefficient (Wildman–Crippen LogP) is 4.03. The number of thiazole rings is 1. The van der Waals surface area contributed by atoms with Crippen molar-refractivity contribution < 1.29 is 4.79 Å². The summed E-state index contributed by atoms with van der Waals surface area (Å²) in [6.45, 7) is 6.78. The Morgan fingerprint density at radius 1 is 1.45 bits per heavy atom. The highest BCUT2D eigenvalue weighted by Gasteiger charge is 2.22. The van der Waals surface area contributed by atoms with Crippen molar-refractivity contribution in [3.8, 4) is 11.4 Å². The molecule has 1 aliphatic heterocycles. The van der Waals surface area contributed by atoms with E-state index in [0.29, 0.717) is 6.04 Å². The van der Waals surface area contributed by atoms with E-state index >= 15 is 0 Å². The van der Waals surface area contributed by atoms with E-state index in [9.17, 15) is 4.79 Å². The Kier molecular flexibility index (Phi) is 4.45. The van der Waals surface area contributed by atoms with Crippen molar-refractivity contribution in [1.29, 1.82) is 0 Å². The van der Waals surface area contributed by atoms with Crippen LogP contribution in [-0.2, 0) is 6.42 Å².